The van der Waals surface area contributed by atoms with Crippen molar-refractivity contribution in [1.82, 2.24) is 15.3 Å². The van der Waals surface area contributed by atoms with Crippen molar-refractivity contribution in [2.24, 2.45) is 5.92 Å². The van der Waals surface area contributed by atoms with Gasteiger partial charge < -0.3 is 14.6 Å². The first-order valence-corrected chi connectivity index (χ1v) is 10.7. The van der Waals surface area contributed by atoms with E-state index in [-0.39, 0.29) is 11.8 Å². The first kappa shape index (κ1) is 20.4. The van der Waals surface area contributed by atoms with Crippen molar-refractivity contribution in [1.29, 1.82) is 0 Å². The average molecular weight is 407 g/mol. The Morgan fingerprint density at radius 1 is 1.17 bits per heavy atom. The number of carbonyl (C=O) groups excluding carboxylic acids is 1. The second-order valence-corrected chi connectivity index (χ2v) is 8.37. The number of aryl methyl sites for hydroxylation is 4. The number of benzene rings is 1. The van der Waals surface area contributed by atoms with Gasteiger partial charge in [0.2, 0.25) is 11.6 Å². The molecule has 2 aromatic heterocycles. The number of aromatic nitrogens is 2. The molecule has 1 N–H and O–H groups in total. The summed E-state index contributed by atoms with van der Waals surface area (Å²) in [6.07, 6.45) is 2.72. The van der Waals surface area contributed by atoms with Crippen molar-refractivity contribution in [2.75, 3.05) is 24.5 Å². The minimum absolute atomic E-state index is 0.0320. The van der Waals surface area contributed by atoms with E-state index in [4.69, 9.17) is 9.40 Å². The van der Waals surface area contributed by atoms with Crippen molar-refractivity contribution >= 4 is 22.8 Å². The number of fused-ring (bicyclic) bond motifs is 1. The first-order valence-electron chi connectivity index (χ1n) is 10.7. The van der Waals surface area contributed by atoms with Gasteiger partial charge in [-0.15, -0.1) is 0 Å². The van der Waals surface area contributed by atoms with Crippen molar-refractivity contribution in [3.05, 3.63) is 52.5 Å². The number of piperidine rings is 1. The molecule has 0 unspecified atom stereocenters. The van der Waals surface area contributed by atoms with Crippen LogP contribution in [0.1, 0.15) is 41.1 Å². The standard InChI is InChI=1S/C24H30N4O2/c1-15-7-9-19(10-8-15)11-12-25-23(29)20-6-5-13-28(14-20)22-21-16(2)17(3)30-24(21)27-18(4)26-22/h7-10,20H,5-6,11-14H2,1-4H3,(H,25,29)/t20-/m0/s1. The summed E-state index contributed by atoms with van der Waals surface area (Å²) in [6.45, 7) is 10.2. The monoisotopic (exact) mass is 406 g/mol. The van der Waals surface area contributed by atoms with Gasteiger partial charge in [0.15, 0.2) is 0 Å². The zero-order chi connectivity index (χ0) is 21.3. The van der Waals surface area contributed by atoms with Crippen molar-refractivity contribution in [3.8, 4) is 0 Å². The van der Waals surface area contributed by atoms with Gasteiger partial charge in [-0.1, -0.05) is 29.8 Å². The van der Waals surface area contributed by atoms with Gasteiger partial charge >= 0.3 is 0 Å². The number of nitrogens with zero attached hydrogens (tertiary/aromatic N) is 3. The molecule has 1 atom stereocenters. The van der Waals surface area contributed by atoms with Crippen LogP contribution in [0.3, 0.4) is 0 Å². The summed E-state index contributed by atoms with van der Waals surface area (Å²) in [5.74, 6) is 2.55. The number of nitrogens with one attached hydrogen (secondary N) is 1. The molecule has 3 aromatic rings. The topological polar surface area (TPSA) is 71.3 Å². The zero-order valence-electron chi connectivity index (χ0n) is 18.3. The lowest BCUT2D eigenvalue weighted by Gasteiger charge is -2.33. The van der Waals surface area contributed by atoms with E-state index in [1.54, 1.807) is 0 Å². The third-order valence-corrected chi connectivity index (χ3v) is 6.05. The molecular formula is C24H30N4O2. The fourth-order valence-electron chi connectivity index (χ4n) is 4.17. The molecule has 0 radical (unpaired) electrons. The Morgan fingerprint density at radius 2 is 1.93 bits per heavy atom. The minimum atomic E-state index is -0.0320. The summed E-state index contributed by atoms with van der Waals surface area (Å²) in [5, 5.41) is 4.11. The van der Waals surface area contributed by atoms with Gasteiger partial charge in [-0.3, -0.25) is 4.79 Å². The van der Waals surface area contributed by atoms with Gasteiger partial charge in [-0.25, -0.2) is 4.98 Å². The van der Waals surface area contributed by atoms with E-state index >= 15 is 0 Å². The molecule has 6 nitrogen and oxygen atoms in total. The van der Waals surface area contributed by atoms with E-state index in [9.17, 15) is 4.79 Å². The van der Waals surface area contributed by atoms with Crippen LogP contribution in [0.25, 0.3) is 11.1 Å². The highest BCUT2D eigenvalue weighted by Gasteiger charge is 2.29. The molecule has 0 aliphatic carbocycles. The maximum Gasteiger partial charge on any atom is 0.231 e. The molecule has 1 amide bonds. The third-order valence-electron chi connectivity index (χ3n) is 6.05. The number of anilines is 1. The number of rotatable bonds is 5. The quantitative estimate of drug-likeness (QED) is 0.693. The molecule has 0 bridgehead atoms. The highest BCUT2D eigenvalue weighted by Crippen LogP contribution is 2.33. The first-order chi connectivity index (χ1) is 14.4. The van der Waals surface area contributed by atoms with E-state index in [2.05, 4.69) is 46.4 Å². The van der Waals surface area contributed by atoms with E-state index in [1.165, 1.54) is 11.1 Å². The number of hydrogen-bond acceptors (Lipinski definition) is 5. The molecule has 30 heavy (non-hydrogen) atoms. The lowest BCUT2D eigenvalue weighted by atomic mass is 9.96. The van der Waals surface area contributed by atoms with Gasteiger partial charge in [-0.05, 0) is 52.5 Å². The summed E-state index contributed by atoms with van der Waals surface area (Å²) in [7, 11) is 0. The van der Waals surface area contributed by atoms with Crippen molar-refractivity contribution in [2.45, 2.75) is 47.0 Å². The fourth-order valence-corrected chi connectivity index (χ4v) is 4.17. The Labute approximate surface area is 177 Å². The Balaban J connectivity index is 1.44. The smallest absolute Gasteiger partial charge is 0.231 e. The predicted molar refractivity (Wildman–Crippen MR) is 119 cm³/mol. The lowest BCUT2D eigenvalue weighted by molar-refractivity contribution is -0.125. The molecule has 1 fully saturated rings. The van der Waals surface area contributed by atoms with E-state index in [1.807, 2.05) is 20.8 Å². The highest BCUT2D eigenvalue weighted by atomic mass is 16.3. The van der Waals surface area contributed by atoms with E-state index < -0.39 is 0 Å². The van der Waals surface area contributed by atoms with Gasteiger partial charge in [-0.2, -0.15) is 4.98 Å². The number of carbonyl (C=O) groups is 1. The second kappa shape index (κ2) is 8.46. The highest BCUT2D eigenvalue weighted by molar-refractivity contribution is 5.90. The molecule has 0 spiro atoms. The second-order valence-electron chi connectivity index (χ2n) is 8.37. The average Bonchev–Trinajstić information content (AvgIpc) is 3.02. The molecule has 1 aliphatic heterocycles. The minimum Gasteiger partial charge on any atom is -0.443 e. The van der Waals surface area contributed by atoms with Crippen LogP contribution in [0, 0.1) is 33.6 Å². The molecular weight excluding hydrogens is 376 g/mol. The molecule has 3 heterocycles. The summed E-state index contributed by atoms with van der Waals surface area (Å²) < 4.78 is 5.83. The molecule has 1 aliphatic rings. The molecule has 1 saturated heterocycles. The molecule has 0 saturated carbocycles. The maximum absolute atomic E-state index is 12.8. The largest absolute Gasteiger partial charge is 0.443 e. The lowest BCUT2D eigenvalue weighted by Crippen LogP contribution is -2.44. The fraction of sp³-hybridized carbons (Fsp3) is 0.458. The Morgan fingerprint density at radius 3 is 2.70 bits per heavy atom. The zero-order valence-corrected chi connectivity index (χ0v) is 18.3. The molecule has 6 heteroatoms. The SMILES string of the molecule is Cc1ccc(CCNC(=O)[C@H]2CCCN(c3nc(C)nc4oc(C)c(C)c34)C2)cc1. The van der Waals surface area contributed by atoms with Gasteiger partial charge in [0.05, 0.1) is 11.3 Å². The van der Waals surface area contributed by atoms with Gasteiger partial charge in [0.25, 0.3) is 0 Å². The van der Waals surface area contributed by atoms with Crippen LogP contribution in [0.4, 0.5) is 5.82 Å². The molecule has 158 valence electrons. The van der Waals surface area contributed by atoms with E-state index in [0.717, 1.165) is 48.3 Å². The summed E-state index contributed by atoms with van der Waals surface area (Å²) in [6, 6.07) is 8.48. The summed E-state index contributed by atoms with van der Waals surface area (Å²) in [4.78, 5) is 24.2. The Kier molecular flexibility index (Phi) is 5.75. The van der Waals surface area contributed by atoms with Crippen LogP contribution in [-0.2, 0) is 11.2 Å². The van der Waals surface area contributed by atoms with Crippen LogP contribution in [0.2, 0.25) is 0 Å². The third kappa shape index (κ3) is 4.18. The van der Waals surface area contributed by atoms with Gasteiger partial charge in [0.1, 0.15) is 17.4 Å². The van der Waals surface area contributed by atoms with Crippen molar-refractivity contribution in [3.63, 3.8) is 0 Å². The van der Waals surface area contributed by atoms with Crippen LogP contribution in [0.15, 0.2) is 28.7 Å². The van der Waals surface area contributed by atoms with E-state index in [0.29, 0.717) is 24.6 Å². The maximum atomic E-state index is 12.8. The van der Waals surface area contributed by atoms with Crippen LogP contribution < -0.4 is 10.2 Å². The Hall–Kier alpha value is -2.89. The Bertz CT molecular complexity index is 1060. The number of furan rings is 1. The molecule has 4 rings (SSSR count). The van der Waals surface area contributed by atoms with Crippen LogP contribution in [-0.4, -0.2) is 35.5 Å². The molecule has 1 aromatic carbocycles. The predicted octanol–water partition coefficient (Wildman–Crippen LogP) is 4.03. The normalized spacial score (nSPS) is 16.8. The summed E-state index contributed by atoms with van der Waals surface area (Å²) in [5.41, 5.74) is 4.21. The number of hydrogen-bond donors (Lipinski definition) is 1. The van der Waals surface area contributed by atoms with Crippen LogP contribution >= 0.6 is 0 Å². The van der Waals surface area contributed by atoms with Crippen molar-refractivity contribution < 1.29 is 9.21 Å². The number of amides is 1. The van der Waals surface area contributed by atoms with Crippen LogP contribution in [0.5, 0.6) is 0 Å². The summed E-state index contributed by atoms with van der Waals surface area (Å²) >= 11 is 0. The van der Waals surface area contributed by atoms with Gasteiger partial charge in [0, 0.05) is 25.2 Å².